The number of methoxy groups -OCH3 is 1. The Balaban J connectivity index is 1.89. The average molecular weight is 262 g/mol. The molecule has 2 saturated heterocycles. The van der Waals surface area contributed by atoms with Crippen molar-refractivity contribution in [2.24, 2.45) is 5.92 Å². The van der Waals surface area contributed by atoms with Gasteiger partial charge in [0.25, 0.3) is 0 Å². The Hall–Kier alpha value is -0.240. The first-order valence-corrected chi connectivity index (χ1v) is 6.26. The minimum absolute atomic E-state index is 0.0152. The largest absolute Gasteiger partial charge is 0.394 e. The summed E-state index contributed by atoms with van der Waals surface area (Å²) < 4.78 is 27.5. The van der Waals surface area contributed by atoms with E-state index in [1.54, 1.807) is 7.11 Å². The monoisotopic (exact) mass is 262 g/mol. The molecule has 2 heterocycles. The maximum Gasteiger partial charge on any atom is 0.188 e. The van der Waals surface area contributed by atoms with Crippen LogP contribution in [0, 0.1) is 5.92 Å². The van der Waals surface area contributed by atoms with Gasteiger partial charge in [0.2, 0.25) is 0 Å². The number of hydrogen-bond acceptors (Lipinski definition) is 6. The quantitative estimate of drug-likeness (QED) is 0.687. The van der Waals surface area contributed by atoms with Gasteiger partial charge in [-0.25, -0.2) is 0 Å². The van der Waals surface area contributed by atoms with E-state index < -0.39 is 12.1 Å². The van der Waals surface area contributed by atoms with Crippen LogP contribution in [0.2, 0.25) is 0 Å². The first kappa shape index (κ1) is 14.2. The lowest BCUT2D eigenvalue weighted by molar-refractivity contribution is -0.215. The molecule has 2 fully saturated rings. The highest BCUT2D eigenvalue weighted by atomic mass is 16.8. The van der Waals surface area contributed by atoms with E-state index in [0.29, 0.717) is 19.8 Å². The van der Waals surface area contributed by atoms with Gasteiger partial charge in [-0.3, -0.25) is 0 Å². The van der Waals surface area contributed by atoms with Crippen LogP contribution in [0.3, 0.4) is 0 Å². The number of aliphatic hydroxyl groups is 1. The number of ether oxygens (including phenoxy) is 5. The summed E-state index contributed by atoms with van der Waals surface area (Å²) >= 11 is 0. The molecule has 0 saturated carbocycles. The molecule has 1 N–H and O–H groups in total. The molecule has 2 rings (SSSR count). The zero-order valence-corrected chi connectivity index (χ0v) is 11.1. The average Bonchev–Trinajstić information content (AvgIpc) is 2.77. The summed E-state index contributed by atoms with van der Waals surface area (Å²) in [4.78, 5) is 0. The van der Waals surface area contributed by atoms with Crippen molar-refractivity contribution in [2.45, 2.75) is 38.1 Å². The third kappa shape index (κ3) is 3.01. The fraction of sp³-hybridized carbons (Fsp3) is 1.00. The van der Waals surface area contributed by atoms with Crippen molar-refractivity contribution in [2.75, 3.05) is 33.5 Å². The van der Waals surface area contributed by atoms with Crippen molar-refractivity contribution in [3.8, 4) is 0 Å². The lowest BCUT2D eigenvalue weighted by atomic mass is 10.00. The lowest BCUT2D eigenvalue weighted by Gasteiger charge is -2.24. The number of rotatable bonds is 6. The Morgan fingerprint density at radius 3 is 2.67 bits per heavy atom. The minimum Gasteiger partial charge on any atom is -0.394 e. The normalized spacial score (nSPS) is 38.0. The Kier molecular flexibility index (Phi) is 4.58. The summed E-state index contributed by atoms with van der Waals surface area (Å²) in [6.07, 6.45) is -0.883. The van der Waals surface area contributed by atoms with Crippen LogP contribution in [0.15, 0.2) is 0 Å². The van der Waals surface area contributed by atoms with Crippen molar-refractivity contribution >= 4 is 0 Å². The van der Waals surface area contributed by atoms with Crippen LogP contribution in [-0.4, -0.2) is 62.9 Å². The van der Waals surface area contributed by atoms with Gasteiger partial charge in [-0.05, 0) is 13.8 Å². The summed E-state index contributed by atoms with van der Waals surface area (Å²) in [5.74, 6) is -0.654. The van der Waals surface area contributed by atoms with Crippen LogP contribution < -0.4 is 0 Å². The molecule has 6 nitrogen and oxygen atoms in total. The molecule has 106 valence electrons. The second-order valence-electron chi connectivity index (χ2n) is 5.06. The number of fused-ring (bicyclic) bond motifs is 1. The fourth-order valence-corrected chi connectivity index (χ4v) is 2.38. The van der Waals surface area contributed by atoms with Crippen LogP contribution in [0.25, 0.3) is 0 Å². The molecule has 2 aliphatic rings. The molecule has 2 aliphatic heterocycles. The van der Waals surface area contributed by atoms with Gasteiger partial charge >= 0.3 is 0 Å². The van der Waals surface area contributed by atoms with Gasteiger partial charge in [0.1, 0.15) is 6.10 Å². The SMILES string of the molecule is COCCOC[C@H]1[C@H]2OC(C)(C)O[C@H]2O[C@@H]1CO. The minimum atomic E-state index is -0.638. The van der Waals surface area contributed by atoms with E-state index in [1.165, 1.54) is 0 Å². The molecule has 0 aromatic heterocycles. The molecule has 0 aromatic carbocycles. The smallest absolute Gasteiger partial charge is 0.188 e. The molecule has 6 heteroatoms. The van der Waals surface area contributed by atoms with Crippen molar-refractivity contribution in [1.82, 2.24) is 0 Å². The van der Waals surface area contributed by atoms with E-state index in [2.05, 4.69) is 0 Å². The predicted octanol–water partition coefficient (Wildman–Crippen LogP) is 0.134. The van der Waals surface area contributed by atoms with Crippen LogP contribution in [0.4, 0.5) is 0 Å². The molecule has 0 spiro atoms. The second-order valence-corrected chi connectivity index (χ2v) is 5.06. The number of hydrogen-bond donors (Lipinski definition) is 1. The lowest BCUT2D eigenvalue weighted by Crippen LogP contribution is -2.35. The Bertz CT molecular complexity index is 269. The highest BCUT2D eigenvalue weighted by molar-refractivity contribution is 4.92. The van der Waals surface area contributed by atoms with Gasteiger partial charge < -0.3 is 28.8 Å². The van der Waals surface area contributed by atoms with Crippen molar-refractivity contribution in [3.63, 3.8) is 0 Å². The summed E-state index contributed by atoms with van der Waals surface area (Å²) in [6.45, 7) is 5.19. The number of aliphatic hydroxyl groups excluding tert-OH is 1. The zero-order chi connectivity index (χ0) is 13.2. The van der Waals surface area contributed by atoms with Gasteiger partial charge in [-0.15, -0.1) is 0 Å². The molecular formula is C12H22O6. The maximum atomic E-state index is 9.31. The van der Waals surface area contributed by atoms with E-state index in [9.17, 15) is 5.11 Å². The Morgan fingerprint density at radius 2 is 2.00 bits per heavy atom. The molecule has 0 amide bonds. The van der Waals surface area contributed by atoms with E-state index in [0.717, 1.165) is 0 Å². The van der Waals surface area contributed by atoms with Gasteiger partial charge in [0.15, 0.2) is 12.1 Å². The Labute approximate surface area is 107 Å². The predicted molar refractivity (Wildman–Crippen MR) is 62.0 cm³/mol. The second kappa shape index (κ2) is 5.81. The van der Waals surface area contributed by atoms with Gasteiger partial charge in [0, 0.05) is 13.0 Å². The molecule has 0 radical (unpaired) electrons. The van der Waals surface area contributed by atoms with Crippen LogP contribution in [0.1, 0.15) is 13.8 Å². The van der Waals surface area contributed by atoms with Crippen LogP contribution >= 0.6 is 0 Å². The summed E-state index contributed by atoms with van der Waals surface area (Å²) in [6, 6.07) is 0. The molecule has 0 bridgehead atoms. The van der Waals surface area contributed by atoms with Crippen LogP contribution in [0.5, 0.6) is 0 Å². The van der Waals surface area contributed by atoms with E-state index >= 15 is 0 Å². The van der Waals surface area contributed by atoms with E-state index in [-0.39, 0.29) is 24.7 Å². The van der Waals surface area contributed by atoms with Gasteiger partial charge in [-0.2, -0.15) is 0 Å². The van der Waals surface area contributed by atoms with Crippen molar-refractivity contribution in [3.05, 3.63) is 0 Å². The van der Waals surface area contributed by atoms with Crippen molar-refractivity contribution < 1.29 is 28.8 Å². The molecule has 0 unspecified atom stereocenters. The summed E-state index contributed by atoms with van der Waals surface area (Å²) in [5.41, 5.74) is 0. The first-order valence-electron chi connectivity index (χ1n) is 6.26. The highest BCUT2D eigenvalue weighted by Gasteiger charge is 2.54. The maximum absolute atomic E-state index is 9.31. The van der Waals surface area contributed by atoms with Crippen molar-refractivity contribution in [1.29, 1.82) is 0 Å². The molecule has 4 atom stereocenters. The Morgan fingerprint density at radius 1 is 1.22 bits per heavy atom. The summed E-state index contributed by atoms with van der Waals surface area (Å²) in [7, 11) is 1.63. The first-order chi connectivity index (χ1) is 8.57. The molecular weight excluding hydrogens is 240 g/mol. The topological polar surface area (TPSA) is 66.4 Å². The molecule has 18 heavy (non-hydrogen) atoms. The zero-order valence-electron chi connectivity index (χ0n) is 11.1. The fourth-order valence-electron chi connectivity index (χ4n) is 2.38. The third-order valence-corrected chi connectivity index (χ3v) is 3.22. The third-order valence-electron chi connectivity index (χ3n) is 3.22. The van der Waals surface area contributed by atoms with Gasteiger partial charge in [-0.1, -0.05) is 0 Å². The highest BCUT2D eigenvalue weighted by Crippen LogP contribution is 2.40. The van der Waals surface area contributed by atoms with Crippen LogP contribution in [-0.2, 0) is 23.7 Å². The van der Waals surface area contributed by atoms with E-state index in [4.69, 9.17) is 23.7 Å². The molecule has 0 aliphatic carbocycles. The molecule has 0 aromatic rings. The van der Waals surface area contributed by atoms with Gasteiger partial charge in [0.05, 0.1) is 32.5 Å². The van der Waals surface area contributed by atoms with E-state index in [1.807, 2.05) is 13.8 Å². The standard InChI is InChI=1S/C12H22O6/c1-12(2)17-10-8(7-15-5-4-14-3)9(6-13)16-11(10)18-12/h8-11,13H,4-7H2,1-3H3/t8-,9-,10-,11-/m1/s1. The summed E-state index contributed by atoms with van der Waals surface area (Å²) in [5, 5.41) is 9.31.